The number of nitrogens with zero attached hydrogens (tertiary/aromatic N) is 2. The molecular weight excluding hydrogens is 234 g/mol. The normalized spacial score (nSPS) is 10.9. The summed E-state index contributed by atoms with van der Waals surface area (Å²) in [6, 6.07) is 0. The van der Waals surface area contributed by atoms with Gasteiger partial charge in [0.15, 0.2) is 0 Å². The second-order valence-electron chi connectivity index (χ2n) is 3.91. The Labute approximate surface area is 108 Å². The van der Waals surface area contributed by atoms with Crippen molar-refractivity contribution in [3.63, 3.8) is 0 Å². The van der Waals surface area contributed by atoms with Crippen LogP contribution in [0.4, 0.5) is 0 Å². The van der Waals surface area contributed by atoms with Crippen LogP contribution in [0.1, 0.15) is 36.7 Å². The second-order valence-corrected chi connectivity index (χ2v) is 5.06. The van der Waals surface area contributed by atoms with Gasteiger partial charge in [-0.25, -0.2) is 0 Å². The highest BCUT2D eigenvalue weighted by atomic mass is 32.1. The molecule has 1 aromatic rings. The molecule has 1 heterocycles. The van der Waals surface area contributed by atoms with Crippen LogP contribution in [-0.2, 0) is 17.6 Å². The fourth-order valence-corrected chi connectivity index (χ4v) is 2.30. The molecule has 0 aliphatic heterocycles. The molecule has 0 amide bonds. The van der Waals surface area contributed by atoms with Crippen molar-refractivity contribution in [2.45, 2.75) is 39.5 Å². The molecule has 0 aliphatic carbocycles. The van der Waals surface area contributed by atoms with E-state index in [1.807, 2.05) is 0 Å². The van der Waals surface area contributed by atoms with Gasteiger partial charge in [-0.2, -0.15) is 0 Å². The van der Waals surface area contributed by atoms with Crippen molar-refractivity contribution in [2.75, 3.05) is 26.3 Å². The summed E-state index contributed by atoms with van der Waals surface area (Å²) in [7, 11) is 0. The van der Waals surface area contributed by atoms with E-state index in [4.69, 9.17) is 4.74 Å². The van der Waals surface area contributed by atoms with Crippen LogP contribution in [0.25, 0.3) is 0 Å². The highest BCUT2D eigenvalue weighted by Gasteiger charge is 2.03. The third-order valence-electron chi connectivity index (χ3n) is 2.31. The first-order valence-electron chi connectivity index (χ1n) is 6.46. The minimum atomic E-state index is 0.764. The van der Waals surface area contributed by atoms with Crippen LogP contribution in [0.5, 0.6) is 0 Å². The molecule has 0 aliphatic rings. The number of aryl methyl sites for hydroxylation is 1. The lowest BCUT2D eigenvalue weighted by Gasteiger charge is -1.98. The zero-order valence-corrected chi connectivity index (χ0v) is 11.7. The van der Waals surface area contributed by atoms with Crippen molar-refractivity contribution in [1.29, 1.82) is 0 Å². The van der Waals surface area contributed by atoms with Gasteiger partial charge in [0.05, 0.1) is 6.61 Å². The van der Waals surface area contributed by atoms with E-state index in [1.54, 1.807) is 11.3 Å². The number of nitrogens with one attached hydrogen (secondary N) is 1. The third kappa shape index (κ3) is 6.71. The fraction of sp³-hybridized carbons (Fsp3) is 0.833. The Bertz CT molecular complexity index is 265. The Balaban J connectivity index is 2.14. The number of rotatable bonds is 10. The minimum absolute atomic E-state index is 0.764. The summed E-state index contributed by atoms with van der Waals surface area (Å²) in [5.74, 6) is 0. The Kier molecular flexibility index (Phi) is 8.13. The van der Waals surface area contributed by atoms with Gasteiger partial charge >= 0.3 is 0 Å². The Morgan fingerprint density at radius 1 is 1.12 bits per heavy atom. The van der Waals surface area contributed by atoms with Crippen molar-refractivity contribution >= 4 is 11.3 Å². The Hall–Kier alpha value is -0.520. The summed E-state index contributed by atoms with van der Waals surface area (Å²) >= 11 is 1.72. The lowest BCUT2D eigenvalue weighted by Crippen LogP contribution is -2.14. The van der Waals surface area contributed by atoms with Crippen LogP contribution in [0, 0.1) is 0 Å². The quantitative estimate of drug-likeness (QED) is 0.652. The molecule has 0 aromatic carbocycles. The topological polar surface area (TPSA) is 47.0 Å². The smallest absolute Gasteiger partial charge is 0.119 e. The predicted molar refractivity (Wildman–Crippen MR) is 71.6 cm³/mol. The molecule has 17 heavy (non-hydrogen) atoms. The van der Waals surface area contributed by atoms with E-state index in [9.17, 15) is 0 Å². The van der Waals surface area contributed by atoms with Gasteiger partial charge in [-0.3, -0.25) is 0 Å². The molecule has 1 N–H and O–H groups in total. The molecule has 1 aromatic heterocycles. The van der Waals surface area contributed by atoms with Gasteiger partial charge in [0.25, 0.3) is 0 Å². The average Bonchev–Trinajstić information content (AvgIpc) is 2.78. The zero-order valence-electron chi connectivity index (χ0n) is 10.9. The van der Waals surface area contributed by atoms with E-state index >= 15 is 0 Å². The van der Waals surface area contributed by atoms with E-state index in [0.717, 1.165) is 62.0 Å². The first-order chi connectivity index (χ1) is 8.36. The predicted octanol–water partition coefficient (Wildman–Crippen LogP) is 2.05. The van der Waals surface area contributed by atoms with Gasteiger partial charge < -0.3 is 10.1 Å². The van der Waals surface area contributed by atoms with Crippen molar-refractivity contribution < 1.29 is 4.74 Å². The molecule has 0 bridgehead atoms. The molecule has 5 heteroatoms. The second kappa shape index (κ2) is 9.50. The Morgan fingerprint density at radius 2 is 1.88 bits per heavy atom. The standard InChI is InChI=1S/C12H23N3OS/c1-3-9-16-10-7-12-15-14-11(17-12)6-5-8-13-4-2/h13H,3-10H2,1-2H3. The molecule has 1 rings (SSSR count). The highest BCUT2D eigenvalue weighted by molar-refractivity contribution is 7.11. The maximum Gasteiger partial charge on any atom is 0.119 e. The molecule has 4 nitrogen and oxygen atoms in total. The molecule has 0 unspecified atom stereocenters. The molecule has 0 radical (unpaired) electrons. The summed E-state index contributed by atoms with van der Waals surface area (Å²) in [5, 5.41) is 13.9. The van der Waals surface area contributed by atoms with Gasteiger partial charge in [0.2, 0.25) is 0 Å². The molecule has 0 fully saturated rings. The summed E-state index contributed by atoms with van der Waals surface area (Å²) < 4.78 is 5.44. The van der Waals surface area contributed by atoms with Crippen LogP contribution in [0.3, 0.4) is 0 Å². The summed E-state index contributed by atoms with van der Waals surface area (Å²) in [6.07, 6.45) is 4.13. The van der Waals surface area contributed by atoms with Crippen molar-refractivity contribution in [3.8, 4) is 0 Å². The molecule has 0 saturated heterocycles. The molecule has 0 saturated carbocycles. The molecule has 0 spiro atoms. The summed E-state index contributed by atoms with van der Waals surface area (Å²) in [4.78, 5) is 0. The van der Waals surface area contributed by atoms with Crippen molar-refractivity contribution in [1.82, 2.24) is 15.5 Å². The van der Waals surface area contributed by atoms with E-state index < -0.39 is 0 Å². The fourth-order valence-electron chi connectivity index (χ4n) is 1.44. The first-order valence-corrected chi connectivity index (χ1v) is 7.28. The third-order valence-corrected chi connectivity index (χ3v) is 3.35. The molecule has 0 atom stereocenters. The monoisotopic (exact) mass is 257 g/mol. The zero-order chi connectivity index (χ0) is 12.3. The average molecular weight is 257 g/mol. The van der Waals surface area contributed by atoms with Gasteiger partial charge in [0.1, 0.15) is 10.0 Å². The number of aromatic nitrogens is 2. The van der Waals surface area contributed by atoms with Gasteiger partial charge in [-0.1, -0.05) is 13.8 Å². The molecule has 98 valence electrons. The largest absolute Gasteiger partial charge is 0.381 e. The number of ether oxygens (including phenoxy) is 1. The van der Waals surface area contributed by atoms with Crippen LogP contribution in [-0.4, -0.2) is 36.5 Å². The van der Waals surface area contributed by atoms with Crippen molar-refractivity contribution in [3.05, 3.63) is 10.0 Å². The van der Waals surface area contributed by atoms with E-state index in [2.05, 4.69) is 29.4 Å². The Morgan fingerprint density at radius 3 is 2.59 bits per heavy atom. The summed E-state index contributed by atoms with van der Waals surface area (Å²) in [6.45, 7) is 7.95. The lowest BCUT2D eigenvalue weighted by molar-refractivity contribution is 0.138. The lowest BCUT2D eigenvalue weighted by atomic mass is 10.3. The van der Waals surface area contributed by atoms with Crippen molar-refractivity contribution in [2.24, 2.45) is 0 Å². The van der Waals surface area contributed by atoms with Crippen LogP contribution < -0.4 is 5.32 Å². The SMILES string of the molecule is CCCOCCc1nnc(CCCNCC)s1. The van der Waals surface area contributed by atoms with E-state index in [1.165, 1.54) is 0 Å². The maximum absolute atomic E-state index is 5.44. The van der Waals surface area contributed by atoms with Crippen LogP contribution >= 0.6 is 11.3 Å². The molecular formula is C12H23N3OS. The van der Waals surface area contributed by atoms with Gasteiger partial charge in [0, 0.05) is 19.4 Å². The first kappa shape index (κ1) is 14.5. The highest BCUT2D eigenvalue weighted by Crippen LogP contribution is 2.12. The van der Waals surface area contributed by atoms with E-state index in [-0.39, 0.29) is 0 Å². The number of hydrogen-bond donors (Lipinski definition) is 1. The maximum atomic E-state index is 5.44. The minimum Gasteiger partial charge on any atom is -0.381 e. The summed E-state index contributed by atoms with van der Waals surface area (Å²) in [5.41, 5.74) is 0. The van der Waals surface area contributed by atoms with Gasteiger partial charge in [-0.15, -0.1) is 21.5 Å². The number of hydrogen-bond acceptors (Lipinski definition) is 5. The van der Waals surface area contributed by atoms with E-state index in [0.29, 0.717) is 0 Å². The van der Waals surface area contributed by atoms with Crippen LogP contribution in [0.2, 0.25) is 0 Å². The van der Waals surface area contributed by atoms with Crippen LogP contribution in [0.15, 0.2) is 0 Å². The van der Waals surface area contributed by atoms with Gasteiger partial charge in [-0.05, 0) is 25.9 Å².